The Hall–Kier alpha value is -3.67. The first kappa shape index (κ1) is 23.7. The van der Waals surface area contributed by atoms with Gasteiger partial charge in [-0.1, -0.05) is 6.42 Å². The zero-order chi connectivity index (χ0) is 25.6. The van der Waals surface area contributed by atoms with E-state index in [2.05, 4.69) is 35.1 Å². The molecule has 0 radical (unpaired) electrons. The third-order valence-corrected chi connectivity index (χ3v) is 7.35. The fourth-order valence-electron chi connectivity index (χ4n) is 5.18. The minimum Gasteiger partial charge on any atom is -0.493 e. The lowest BCUT2D eigenvalue weighted by molar-refractivity contribution is -0.127. The van der Waals surface area contributed by atoms with Gasteiger partial charge < -0.3 is 9.64 Å². The summed E-state index contributed by atoms with van der Waals surface area (Å²) in [5.74, 6) is 0.386. The topological polar surface area (TPSA) is 87.5 Å². The number of rotatable bonds is 6. The van der Waals surface area contributed by atoms with Crippen molar-refractivity contribution in [2.75, 3.05) is 38.2 Å². The van der Waals surface area contributed by atoms with E-state index in [0.717, 1.165) is 37.9 Å². The number of aromatic amines is 1. The molecule has 2 fully saturated rings. The Morgan fingerprint density at radius 3 is 2.57 bits per heavy atom. The number of ether oxygens (including phenoxy) is 1. The van der Waals surface area contributed by atoms with Crippen LogP contribution in [-0.4, -0.2) is 80.2 Å². The van der Waals surface area contributed by atoms with Gasteiger partial charge in [0.05, 0.1) is 42.5 Å². The number of hydrogen-bond acceptors (Lipinski definition) is 7. The smallest absolute Gasteiger partial charge is 0.393 e. The molecule has 9 nitrogen and oxygen atoms in total. The van der Waals surface area contributed by atoms with E-state index in [1.807, 2.05) is 6.07 Å². The van der Waals surface area contributed by atoms with Gasteiger partial charge in [0.2, 0.25) is 0 Å². The molecule has 4 aromatic rings. The van der Waals surface area contributed by atoms with E-state index in [-0.39, 0.29) is 17.0 Å². The Morgan fingerprint density at radius 1 is 1.11 bits per heavy atom. The molecule has 1 saturated heterocycles. The molecule has 0 atom stereocenters. The van der Waals surface area contributed by atoms with E-state index >= 15 is 0 Å². The van der Waals surface area contributed by atoms with Crippen molar-refractivity contribution in [2.45, 2.75) is 37.9 Å². The molecular formula is C25H27F3N8O. The minimum absolute atomic E-state index is 0.0170. The number of anilines is 1. The van der Waals surface area contributed by atoms with Gasteiger partial charge in [0.25, 0.3) is 0 Å². The lowest BCUT2D eigenvalue weighted by Gasteiger charge is -2.43. The summed E-state index contributed by atoms with van der Waals surface area (Å²) in [5.41, 5.74) is 2.69. The maximum Gasteiger partial charge on any atom is 0.393 e. The highest BCUT2D eigenvalue weighted by atomic mass is 19.4. The quantitative estimate of drug-likeness (QED) is 0.418. The summed E-state index contributed by atoms with van der Waals surface area (Å²) in [6, 6.07) is 6.02. The van der Waals surface area contributed by atoms with Crippen LogP contribution in [0.4, 0.5) is 18.9 Å². The molecule has 1 N–H and O–H groups in total. The maximum absolute atomic E-state index is 13.7. The molecule has 1 aliphatic carbocycles. The third kappa shape index (κ3) is 4.61. The predicted molar refractivity (Wildman–Crippen MR) is 132 cm³/mol. The van der Waals surface area contributed by atoms with Crippen LogP contribution in [0.25, 0.3) is 28.3 Å². The number of methoxy groups -OCH3 is 1. The first-order chi connectivity index (χ1) is 17.9. The molecular weight excluding hydrogens is 485 g/mol. The number of piperazine rings is 1. The average Bonchev–Trinajstić information content (AvgIpc) is 3.49. The summed E-state index contributed by atoms with van der Waals surface area (Å²) < 4.78 is 47.8. The van der Waals surface area contributed by atoms with Gasteiger partial charge in [0.1, 0.15) is 6.33 Å². The predicted octanol–water partition coefficient (Wildman–Crippen LogP) is 3.97. The van der Waals surface area contributed by atoms with Crippen LogP contribution in [0, 0.1) is 0 Å². The third-order valence-electron chi connectivity index (χ3n) is 7.35. The molecule has 2 aliphatic rings. The number of hydrogen-bond donors (Lipinski definition) is 1. The van der Waals surface area contributed by atoms with Gasteiger partial charge in [-0.25, -0.2) is 9.50 Å². The number of aromatic nitrogens is 6. The highest BCUT2D eigenvalue weighted by Gasteiger charge is 2.33. The number of alkyl halides is 3. The molecule has 1 aliphatic heterocycles. The van der Waals surface area contributed by atoms with Crippen molar-refractivity contribution in [2.24, 2.45) is 0 Å². The lowest BCUT2D eigenvalue weighted by atomic mass is 9.91. The van der Waals surface area contributed by atoms with Crippen LogP contribution in [0.15, 0.2) is 36.9 Å². The highest BCUT2D eigenvalue weighted by Crippen LogP contribution is 2.36. The number of H-pyrrole nitrogens is 1. The molecule has 0 bridgehead atoms. The first-order valence-corrected chi connectivity index (χ1v) is 12.4. The molecule has 0 spiro atoms. The second-order valence-corrected chi connectivity index (χ2v) is 9.55. The van der Waals surface area contributed by atoms with Crippen LogP contribution in [0.1, 0.15) is 24.8 Å². The molecule has 37 heavy (non-hydrogen) atoms. The number of nitrogens with one attached hydrogen (secondary N) is 1. The molecule has 12 heteroatoms. The summed E-state index contributed by atoms with van der Waals surface area (Å²) in [7, 11) is 1.47. The van der Waals surface area contributed by atoms with Crippen LogP contribution in [0.5, 0.6) is 5.75 Å². The van der Waals surface area contributed by atoms with Crippen LogP contribution in [0.2, 0.25) is 0 Å². The molecule has 0 aromatic carbocycles. The van der Waals surface area contributed by atoms with Gasteiger partial charge >= 0.3 is 6.18 Å². The summed E-state index contributed by atoms with van der Waals surface area (Å²) in [6.45, 7) is 3.87. The van der Waals surface area contributed by atoms with Crippen LogP contribution in [0.3, 0.4) is 0 Å². The second kappa shape index (κ2) is 9.33. The van der Waals surface area contributed by atoms with E-state index in [4.69, 9.17) is 4.74 Å². The molecule has 1 saturated carbocycles. The first-order valence-electron chi connectivity index (χ1n) is 12.4. The van der Waals surface area contributed by atoms with Gasteiger partial charge in [0.15, 0.2) is 11.4 Å². The lowest BCUT2D eigenvalue weighted by Crippen LogP contribution is -2.52. The molecule has 194 valence electrons. The molecule has 0 unspecified atom stereocenters. The van der Waals surface area contributed by atoms with E-state index in [9.17, 15) is 13.2 Å². The summed E-state index contributed by atoms with van der Waals surface area (Å²) in [6.07, 6.45) is 3.00. The van der Waals surface area contributed by atoms with Gasteiger partial charge in [-0.3, -0.25) is 15.0 Å². The molecule has 4 aromatic heterocycles. The summed E-state index contributed by atoms with van der Waals surface area (Å²) >= 11 is 0. The summed E-state index contributed by atoms with van der Waals surface area (Å²) in [4.78, 5) is 13.5. The second-order valence-electron chi connectivity index (χ2n) is 9.55. The van der Waals surface area contributed by atoms with Gasteiger partial charge in [-0.05, 0) is 31.0 Å². The van der Waals surface area contributed by atoms with E-state index in [1.165, 1.54) is 37.2 Å². The molecule has 5 heterocycles. The van der Waals surface area contributed by atoms with E-state index in [1.54, 1.807) is 24.5 Å². The Kier molecular flexibility index (Phi) is 5.98. The Balaban J connectivity index is 1.30. The monoisotopic (exact) mass is 512 g/mol. The standard InChI is InChI=1S/C25H27F3N8O/c1-37-21-11-16(14-36-24(21)30-15-31-36)22-19(12-25(26,27)28)23(33-32-22)20-6-5-18(13-29-20)35-9-7-34(8-10-35)17-3-2-4-17/h5-6,11,13-15,17H,2-4,7-10,12H2,1H3,(H,32,33). The highest BCUT2D eigenvalue weighted by molar-refractivity contribution is 5.75. The van der Waals surface area contributed by atoms with Crippen LogP contribution < -0.4 is 9.64 Å². The SMILES string of the molecule is COc1cc(-c2n[nH]c(-c3ccc(N4CCN(C5CCC5)CC4)cn3)c2CC(F)(F)F)cn2ncnc12. The van der Waals surface area contributed by atoms with Crippen molar-refractivity contribution in [1.82, 2.24) is 34.7 Å². The van der Waals surface area contributed by atoms with Crippen molar-refractivity contribution < 1.29 is 17.9 Å². The van der Waals surface area contributed by atoms with E-state index in [0.29, 0.717) is 22.7 Å². The summed E-state index contributed by atoms with van der Waals surface area (Å²) in [5, 5.41) is 11.2. The number of nitrogens with zero attached hydrogens (tertiary/aromatic N) is 7. The Labute approximate surface area is 211 Å². The number of pyridine rings is 2. The Bertz CT molecular complexity index is 1390. The van der Waals surface area contributed by atoms with E-state index < -0.39 is 12.6 Å². The number of halogens is 3. The Morgan fingerprint density at radius 2 is 1.92 bits per heavy atom. The van der Waals surface area contributed by atoms with Crippen molar-refractivity contribution in [3.63, 3.8) is 0 Å². The zero-order valence-corrected chi connectivity index (χ0v) is 20.4. The largest absolute Gasteiger partial charge is 0.493 e. The zero-order valence-electron chi connectivity index (χ0n) is 20.4. The van der Waals surface area contributed by atoms with Crippen LogP contribution in [-0.2, 0) is 6.42 Å². The fraction of sp³-hybridized carbons (Fsp3) is 0.440. The van der Waals surface area contributed by atoms with Gasteiger partial charge in [-0.15, -0.1) is 0 Å². The van der Waals surface area contributed by atoms with Crippen molar-refractivity contribution in [3.8, 4) is 28.4 Å². The van der Waals surface area contributed by atoms with Gasteiger partial charge in [0, 0.05) is 49.5 Å². The fourth-order valence-corrected chi connectivity index (χ4v) is 5.18. The van der Waals surface area contributed by atoms with Crippen molar-refractivity contribution >= 4 is 11.3 Å². The average molecular weight is 513 g/mol. The van der Waals surface area contributed by atoms with Crippen LogP contribution >= 0.6 is 0 Å². The van der Waals surface area contributed by atoms with Gasteiger partial charge in [-0.2, -0.15) is 23.4 Å². The molecule has 0 amide bonds. The van der Waals surface area contributed by atoms with Crippen molar-refractivity contribution in [1.29, 1.82) is 0 Å². The number of fused-ring (bicyclic) bond motifs is 1. The minimum atomic E-state index is -4.44. The maximum atomic E-state index is 13.7. The van der Waals surface area contributed by atoms with Crippen molar-refractivity contribution in [3.05, 3.63) is 42.5 Å². The normalized spacial score (nSPS) is 17.4. The molecule has 6 rings (SSSR count).